The Labute approximate surface area is 84.2 Å². The van der Waals surface area contributed by atoms with Gasteiger partial charge in [-0.2, -0.15) is 0 Å². The molecule has 5 heteroatoms. The van der Waals surface area contributed by atoms with Gasteiger partial charge in [0, 0.05) is 5.69 Å². The molecule has 1 aromatic carbocycles. The lowest BCUT2D eigenvalue weighted by Crippen LogP contribution is -2.13. The van der Waals surface area contributed by atoms with Crippen LogP contribution in [0.3, 0.4) is 0 Å². The van der Waals surface area contributed by atoms with E-state index in [-0.39, 0.29) is 10.6 Å². The minimum Gasteiger partial charge on any atom is -0.399 e. The molecule has 3 nitrogen and oxygen atoms in total. The highest BCUT2D eigenvalue weighted by Gasteiger charge is 2.12. The van der Waals surface area contributed by atoms with E-state index in [0.29, 0.717) is 5.69 Å². The van der Waals surface area contributed by atoms with Crippen molar-refractivity contribution in [3.63, 3.8) is 0 Å². The standard InChI is InChI=1S/C9H12FNO2S/c1-6(12)5-14(13)9-3-2-7(11)4-8(9)10/h2-4,6,12H,5,11H2,1H3. The van der Waals surface area contributed by atoms with E-state index >= 15 is 0 Å². The summed E-state index contributed by atoms with van der Waals surface area (Å²) in [5.74, 6) is -0.565. The highest BCUT2D eigenvalue weighted by Crippen LogP contribution is 2.16. The van der Waals surface area contributed by atoms with Gasteiger partial charge in [0.1, 0.15) is 5.82 Å². The Morgan fingerprint density at radius 2 is 2.29 bits per heavy atom. The summed E-state index contributed by atoms with van der Waals surface area (Å²) in [5, 5.41) is 8.99. The molecule has 14 heavy (non-hydrogen) atoms. The van der Waals surface area contributed by atoms with Crippen molar-refractivity contribution < 1.29 is 13.7 Å². The molecule has 78 valence electrons. The Hall–Kier alpha value is -0.940. The van der Waals surface area contributed by atoms with Crippen LogP contribution < -0.4 is 5.73 Å². The Bertz CT molecular complexity index is 355. The fourth-order valence-electron chi connectivity index (χ4n) is 1.01. The number of hydrogen-bond donors (Lipinski definition) is 2. The maximum Gasteiger partial charge on any atom is 0.141 e. The lowest BCUT2D eigenvalue weighted by molar-refractivity contribution is 0.219. The maximum absolute atomic E-state index is 13.2. The van der Waals surface area contributed by atoms with Gasteiger partial charge in [-0.05, 0) is 25.1 Å². The summed E-state index contributed by atoms with van der Waals surface area (Å²) in [6, 6.07) is 3.98. The van der Waals surface area contributed by atoms with Crippen LogP contribution in [0.15, 0.2) is 23.1 Å². The van der Waals surface area contributed by atoms with Gasteiger partial charge >= 0.3 is 0 Å². The van der Waals surface area contributed by atoms with Crippen LogP contribution in [-0.4, -0.2) is 21.2 Å². The third kappa shape index (κ3) is 2.78. The summed E-state index contributed by atoms with van der Waals surface area (Å²) in [6.45, 7) is 1.51. The van der Waals surface area contributed by atoms with Crippen LogP contribution in [0.2, 0.25) is 0 Å². The lowest BCUT2D eigenvalue weighted by atomic mass is 10.3. The molecule has 0 aliphatic rings. The Balaban J connectivity index is 2.90. The first-order chi connectivity index (χ1) is 6.50. The van der Waals surface area contributed by atoms with Gasteiger partial charge in [0.15, 0.2) is 0 Å². The molecule has 2 unspecified atom stereocenters. The van der Waals surface area contributed by atoms with Crippen molar-refractivity contribution in [3.05, 3.63) is 24.0 Å². The number of benzene rings is 1. The van der Waals surface area contributed by atoms with Crippen molar-refractivity contribution in [1.82, 2.24) is 0 Å². The predicted molar refractivity (Wildman–Crippen MR) is 53.8 cm³/mol. The molecule has 0 aliphatic heterocycles. The Morgan fingerprint density at radius 3 is 2.79 bits per heavy atom. The number of halogens is 1. The van der Waals surface area contributed by atoms with E-state index in [0.717, 1.165) is 6.07 Å². The summed E-state index contributed by atoms with van der Waals surface area (Å²) in [4.78, 5) is 0.0834. The molecule has 0 amide bonds. The molecular formula is C9H12FNO2S. The summed E-state index contributed by atoms with van der Waals surface area (Å²) >= 11 is 0. The fraction of sp³-hybridized carbons (Fsp3) is 0.333. The van der Waals surface area contributed by atoms with Gasteiger partial charge < -0.3 is 10.8 Å². The van der Waals surface area contributed by atoms with E-state index in [1.807, 2.05) is 0 Å². The maximum atomic E-state index is 13.2. The van der Waals surface area contributed by atoms with Crippen molar-refractivity contribution in [2.75, 3.05) is 11.5 Å². The molecule has 0 saturated carbocycles. The molecule has 0 radical (unpaired) electrons. The van der Waals surface area contributed by atoms with Crippen molar-refractivity contribution in [2.24, 2.45) is 0 Å². The second-order valence-electron chi connectivity index (χ2n) is 3.05. The number of aliphatic hydroxyl groups is 1. The predicted octanol–water partition coefficient (Wildman–Crippen LogP) is 0.896. The molecule has 3 N–H and O–H groups in total. The zero-order valence-electron chi connectivity index (χ0n) is 7.74. The Kier molecular flexibility index (Phi) is 3.60. The van der Waals surface area contributed by atoms with Crippen molar-refractivity contribution in [3.8, 4) is 0 Å². The van der Waals surface area contributed by atoms with Crippen LogP contribution >= 0.6 is 0 Å². The first-order valence-corrected chi connectivity index (χ1v) is 5.44. The normalized spacial score (nSPS) is 15.1. The smallest absolute Gasteiger partial charge is 0.141 e. The molecule has 0 bridgehead atoms. The number of hydrogen-bond acceptors (Lipinski definition) is 3. The van der Waals surface area contributed by atoms with E-state index in [2.05, 4.69) is 0 Å². The average molecular weight is 217 g/mol. The van der Waals surface area contributed by atoms with Crippen LogP contribution in [0, 0.1) is 5.82 Å². The monoisotopic (exact) mass is 217 g/mol. The van der Waals surface area contributed by atoms with Crippen molar-refractivity contribution >= 4 is 16.5 Å². The van der Waals surface area contributed by atoms with Crippen LogP contribution in [-0.2, 0) is 10.8 Å². The molecule has 2 atom stereocenters. The summed E-state index contributed by atoms with van der Waals surface area (Å²) in [5.41, 5.74) is 5.63. The third-order valence-electron chi connectivity index (χ3n) is 1.59. The van der Waals surface area contributed by atoms with Gasteiger partial charge in [0.25, 0.3) is 0 Å². The molecule has 0 fully saturated rings. The van der Waals surface area contributed by atoms with Gasteiger partial charge in [-0.25, -0.2) is 4.39 Å². The lowest BCUT2D eigenvalue weighted by Gasteiger charge is -2.05. The highest BCUT2D eigenvalue weighted by molar-refractivity contribution is 7.85. The van der Waals surface area contributed by atoms with Gasteiger partial charge in [-0.1, -0.05) is 0 Å². The minimum absolute atomic E-state index is 0.0286. The SMILES string of the molecule is CC(O)CS(=O)c1ccc(N)cc1F. The average Bonchev–Trinajstić information content (AvgIpc) is 2.01. The number of rotatable bonds is 3. The summed E-state index contributed by atoms with van der Waals surface area (Å²) < 4.78 is 24.7. The van der Waals surface area contributed by atoms with Gasteiger partial charge in [-0.15, -0.1) is 0 Å². The molecule has 0 heterocycles. The van der Waals surface area contributed by atoms with Gasteiger partial charge in [-0.3, -0.25) is 4.21 Å². The molecule has 0 aromatic heterocycles. The second-order valence-corrected chi connectivity index (χ2v) is 4.52. The van der Waals surface area contributed by atoms with Crippen molar-refractivity contribution in [1.29, 1.82) is 0 Å². The zero-order valence-corrected chi connectivity index (χ0v) is 8.55. The third-order valence-corrected chi connectivity index (χ3v) is 3.20. The van der Waals surface area contributed by atoms with E-state index in [9.17, 15) is 8.60 Å². The topological polar surface area (TPSA) is 63.3 Å². The number of anilines is 1. The van der Waals surface area contributed by atoms with Crippen LogP contribution in [0.1, 0.15) is 6.92 Å². The second kappa shape index (κ2) is 4.52. The number of nitrogen functional groups attached to an aromatic ring is 1. The minimum atomic E-state index is -1.51. The fourth-order valence-corrected chi connectivity index (χ4v) is 2.12. The molecule has 1 aromatic rings. The molecule has 0 aliphatic carbocycles. The van der Waals surface area contributed by atoms with E-state index < -0.39 is 22.7 Å². The van der Waals surface area contributed by atoms with Crippen LogP contribution in [0.4, 0.5) is 10.1 Å². The molecule has 0 saturated heterocycles. The Morgan fingerprint density at radius 1 is 1.64 bits per heavy atom. The molecule has 0 spiro atoms. The first kappa shape index (κ1) is 11.1. The van der Waals surface area contributed by atoms with Crippen molar-refractivity contribution in [2.45, 2.75) is 17.9 Å². The van der Waals surface area contributed by atoms with E-state index in [1.165, 1.54) is 19.1 Å². The number of aliphatic hydroxyl groups excluding tert-OH is 1. The number of nitrogens with two attached hydrogens (primary N) is 1. The summed E-state index contributed by atoms with van der Waals surface area (Å²) in [6.07, 6.45) is -0.715. The molecule has 1 rings (SSSR count). The zero-order chi connectivity index (χ0) is 10.7. The highest BCUT2D eigenvalue weighted by atomic mass is 32.2. The molecular weight excluding hydrogens is 205 g/mol. The quantitative estimate of drug-likeness (QED) is 0.739. The van der Waals surface area contributed by atoms with E-state index in [4.69, 9.17) is 10.8 Å². The van der Waals surface area contributed by atoms with Gasteiger partial charge in [0.2, 0.25) is 0 Å². The van der Waals surface area contributed by atoms with Crippen LogP contribution in [0.5, 0.6) is 0 Å². The first-order valence-electron chi connectivity index (χ1n) is 4.12. The largest absolute Gasteiger partial charge is 0.399 e. The summed E-state index contributed by atoms with van der Waals surface area (Å²) in [7, 11) is -1.51. The van der Waals surface area contributed by atoms with Crippen LogP contribution in [0.25, 0.3) is 0 Å². The van der Waals surface area contributed by atoms with Gasteiger partial charge in [0.05, 0.1) is 27.6 Å². The van der Waals surface area contributed by atoms with E-state index in [1.54, 1.807) is 0 Å².